The zero-order valence-corrected chi connectivity index (χ0v) is 20.5. The molecule has 0 aliphatic carbocycles. The maximum absolute atomic E-state index is 12.5. The number of benzene rings is 3. The molecule has 1 heterocycles. The monoisotopic (exact) mass is 485 g/mol. The molecule has 35 heavy (non-hydrogen) atoms. The number of sulfone groups is 1. The number of aromatic nitrogens is 2. The van der Waals surface area contributed by atoms with Gasteiger partial charge in [0.25, 0.3) is 0 Å². The number of rotatable bonds is 8. The molecule has 0 radical (unpaired) electrons. The number of hydrogen-bond donors (Lipinski definition) is 1. The van der Waals surface area contributed by atoms with Gasteiger partial charge in [-0.25, -0.2) is 8.42 Å². The number of nitrogens with zero attached hydrogens (tertiary/aromatic N) is 2. The molecule has 7 heteroatoms. The fourth-order valence-electron chi connectivity index (χ4n) is 3.61. The highest BCUT2D eigenvalue weighted by Gasteiger charge is 2.11. The summed E-state index contributed by atoms with van der Waals surface area (Å²) in [5.41, 5.74) is 5.75. The van der Waals surface area contributed by atoms with Crippen molar-refractivity contribution in [1.82, 2.24) is 15.1 Å². The van der Waals surface area contributed by atoms with Gasteiger partial charge in [-0.15, -0.1) is 0 Å². The van der Waals surface area contributed by atoms with Gasteiger partial charge in [-0.05, 0) is 36.3 Å². The molecule has 6 nitrogen and oxygen atoms in total. The molecule has 1 amide bonds. The van der Waals surface area contributed by atoms with Gasteiger partial charge in [0.2, 0.25) is 5.91 Å². The van der Waals surface area contributed by atoms with E-state index < -0.39 is 9.84 Å². The van der Waals surface area contributed by atoms with E-state index in [-0.39, 0.29) is 10.8 Å². The highest BCUT2D eigenvalue weighted by molar-refractivity contribution is 7.90. The SMILES string of the molecule is Cc1ccc(-c2nn(Cc3ccccc3)cc2/C=C/C(=O)NCc2ccc(S(C)(=O)=O)cc2)cc1. The van der Waals surface area contributed by atoms with Crippen molar-refractivity contribution in [2.45, 2.75) is 24.9 Å². The van der Waals surface area contributed by atoms with Gasteiger partial charge in [0.1, 0.15) is 0 Å². The molecule has 0 spiro atoms. The van der Waals surface area contributed by atoms with Crippen LogP contribution in [0.5, 0.6) is 0 Å². The van der Waals surface area contributed by atoms with E-state index in [1.165, 1.54) is 17.9 Å². The third kappa shape index (κ3) is 6.55. The number of aryl methyl sites for hydroxylation is 1. The van der Waals surface area contributed by atoms with E-state index in [0.29, 0.717) is 13.1 Å². The van der Waals surface area contributed by atoms with E-state index in [9.17, 15) is 13.2 Å². The second-order valence-corrected chi connectivity index (χ2v) is 10.5. The maximum Gasteiger partial charge on any atom is 0.244 e. The zero-order chi connectivity index (χ0) is 24.8. The van der Waals surface area contributed by atoms with E-state index in [2.05, 4.69) is 17.4 Å². The molecule has 4 aromatic rings. The standard InChI is InChI=1S/C28H27N3O3S/c1-21-8-12-24(13-9-21)28-25(20-31(30-28)19-23-6-4-3-5-7-23)14-17-27(32)29-18-22-10-15-26(16-11-22)35(2,33)34/h3-17,20H,18-19H2,1-2H3,(H,29,32)/b17-14+. The highest BCUT2D eigenvalue weighted by Crippen LogP contribution is 2.24. The number of nitrogens with one attached hydrogen (secondary N) is 1. The first-order valence-electron chi connectivity index (χ1n) is 11.2. The Hall–Kier alpha value is -3.97. The number of hydrogen-bond acceptors (Lipinski definition) is 4. The molecule has 0 unspecified atom stereocenters. The van der Waals surface area contributed by atoms with Crippen LogP contribution in [0.2, 0.25) is 0 Å². The molecule has 3 aromatic carbocycles. The zero-order valence-electron chi connectivity index (χ0n) is 19.7. The molecule has 1 aromatic heterocycles. The van der Waals surface area contributed by atoms with Crippen LogP contribution >= 0.6 is 0 Å². The summed E-state index contributed by atoms with van der Waals surface area (Å²) in [5.74, 6) is -0.247. The normalized spacial score (nSPS) is 11.6. The lowest BCUT2D eigenvalue weighted by molar-refractivity contribution is -0.116. The summed E-state index contributed by atoms with van der Waals surface area (Å²) >= 11 is 0. The van der Waals surface area contributed by atoms with Gasteiger partial charge < -0.3 is 5.32 Å². The Morgan fingerprint density at radius 2 is 1.63 bits per heavy atom. The van der Waals surface area contributed by atoms with Crippen LogP contribution in [0.1, 0.15) is 22.3 Å². The van der Waals surface area contributed by atoms with Crippen molar-refractivity contribution in [2.24, 2.45) is 0 Å². The lowest BCUT2D eigenvalue weighted by Gasteiger charge is -2.04. The first kappa shape index (κ1) is 24.2. The minimum absolute atomic E-state index is 0.247. The Balaban J connectivity index is 1.49. The van der Waals surface area contributed by atoms with E-state index in [4.69, 9.17) is 5.10 Å². The van der Waals surface area contributed by atoms with Gasteiger partial charge >= 0.3 is 0 Å². The van der Waals surface area contributed by atoms with Gasteiger partial charge in [-0.2, -0.15) is 5.10 Å². The molecular formula is C28H27N3O3S. The quantitative estimate of drug-likeness (QED) is 0.369. The maximum atomic E-state index is 12.5. The lowest BCUT2D eigenvalue weighted by atomic mass is 10.1. The number of carbonyl (C=O) groups is 1. The van der Waals surface area contributed by atoms with Gasteiger partial charge in [-0.3, -0.25) is 9.48 Å². The van der Waals surface area contributed by atoms with Crippen molar-refractivity contribution in [3.8, 4) is 11.3 Å². The first-order chi connectivity index (χ1) is 16.8. The summed E-state index contributed by atoms with van der Waals surface area (Å²) in [6, 6.07) is 24.7. The second-order valence-electron chi connectivity index (χ2n) is 8.45. The predicted molar refractivity (Wildman–Crippen MR) is 138 cm³/mol. The van der Waals surface area contributed by atoms with Crippen molar-refractivity contribution >= 4 is 21.8 Å². The summed E-state index contributed by atoms with van der Waals surface area (Å²) in [6.07, 6.45) is 6.37. The lowest BCUT2D eigenvalue weighted by Crippen LogP contribution is -2.20. The molecule has 178 valence electrons. The highest BCUT2D eigenvalue weighted by atomic mass is 32.2. The molecule has 0 aliphatic rings. The second kappa shape index (κ2) is 10.5. The Labute approximate surface area is 205 Å². The molecule has 0 saturated heterocycles. The van der Waals surface area contributed by atoms with E-state index in [1.54, 1.807) is 30.3 Å². The number of amides is 1. The van der Waals surface area contributed by atoms with Gasteiger partial charge in [-0.1, -0.05) is 72.3 Å². The van der Waals surface area contributed by atoms with Crippen molar-refractivity contribution < 1.29 is 13.2 Å². The predicted octanol–water partition coefficient (Wildman–Crippen LogP) is 4.64. The van der Waals surface area contributed by atoms with Crippen LogP contribution in [0.25, 0.3) is 17.3 Å². The minimum atomic E-state index is -3.24. The van der Waals surface area contributed by atoms with E-state index >= 15 is 0 Å². The average molecular weight is 486 g/mol. The van der Waals surface area contributed by atoms with Crippen molar-refractivity contribution in [1.29, 1.82) is 0 Å². The molecule has 0 aliphatic heterocycles. The van der Waals surface area contributed by atoms with Crippen molar-refractivity contribution in [3.63, 3.8) is 0 Å². The molecule has 0 atom stereocenters. The first-order valence-corrected chi connectivity index (χ1v) is 13.1. The topological polar surface area (TPSA) is 81.1 Å². The Bertz CT molecular complexity index is 1440. The van der Waals surface area contributed by atoms with Crippen LogP contribution < -0.4 is 5.32 Å². The third-order valence-electron chi connectivity index (χ3n) is 5.53. The van der Waals surface area contributed by atoms with Gasteiger partial charge in [0, 0.05) is 36.2 Å². The fourth-order valence-corrected chi connectivity index (χ4v) is 4.24. The van der Waals surface area contributed by atoms with Crippen LogP contribution in [-0.2, 0) is 27.7 Å². The summed E-state index contributed by atoms with van der Waals surface area (Å²) in [5, 5.41) is 7.63. The van der Waals surface area contributed by atoms with Crippen molar-refractivity contribution in [3.05, 3.63) is 113 Å². The van der Waals surface area contributed by atoms with Crippen LogP contribution in [0, 0.1) is 6.92 Å². The summed E-state index contributed by atoms with van der Waals surface area (Å²) in [4.78, 5) is 12.7. The van der Waals surface area contributed by atoms with Crippen LogP contribution in [0.15, 0.2) is 96.0 Å². The summed E-state index contributed by atoms with van der Waals surface area (Å²) in [6.45, 7) is 2.96. The number of carbonyl (C=O) groups excluding carboxylic acids is 1. The molecule has 0 fully saturated rings. The Morgan fingerprint density at radius 1 is 0.943 bits per heavy atom. The molecule has 0 bridgehead atoms. The third-order valence-corrected chi connectivity index (χ3v) is 6.66. The van der Waals surface area contributed by atoms with Gasteiger partial charge in [0.05, 0.1) is 17.1 Å². The molecule has 0 saturated carbocycles. The minimum Gasteiger partial charge on any atom is -0.348 e. The smallest absolute Gasteiger partial charge is 0.244 e. The van der Waals surface area contributed by atoms with Crippen LogP contribution in [0.3, 0.4) is 0 Å². The average Bonchev–Trinajstić information content (AvgIpc) is 3.24. The molecular weight excluding hydrogens is 458 g/mol. The largest absolute Gasteiger partial charge is 0.348 e. The van der Waals surface area contributed by atoms with E-state index in [0.717, 1.165) is 27.9 Å². The molecule has 4 rings (SSSR count). The van der Waals surface area contributed by atoms with Crippen LogP contribution in [-0.4, -0.2) is 30.4 Å². The molecule has 1 N–H and O–H groups in total. The summed E-state index contributed by atoms with van der Waals surface area (Å²) < 4.78 is 25.1. The Morgan fingerprint density at radius 3 is 2.29 bits per heavy atom. The van der Waals surface area contributed by atoms with Crippen molar-refractivity contribution in [2.75, 3.05) is 6.26 Å². The summed E-state index contributed by atoms with van der Waals surface area (Å²) in [7, 11) is -3.24. The van der Waals surface area contributed by atoms with E-state index in [1.807, 2.05) is 60.3 Å². The fraction of sp³-hybridized carbons (Fsp3) is 0.143. The van der Waals surface area contributed by atoms with Crippen LogP contribution in [0.4, 0.5) is 0 Å². The Kier molecular flexibility index (Phi) is 7.27. The van der Waals surface area contributed by atoms with Gasteiger partial charge in [0.15, 0.2) is 9.84 Å².